The van der Waals surface area contributed by atoms with Gasteiger partial charge in [-0.3, -0.25) is 0 Å². The molecule has 0 aliphatic rings. The highest BCUT2D eigenvalue weighted by molar-refractivity contribution is 9.10. The molecular weight excluding hydrogens is 454 g/mol. The molecule has 0 radical (unpaired) electrons. The van der Waals surface area contributed by atoms with Crippen molar-refractivity contribution in [3.05, 3.63) is 53.0 Å². The third kappa shape index (κ3) is 7.53. The summed E-state index contributed by atoms with van der Waals surface area (Å²) >= 11 is 4.80. The average molecular weight is 474 g/mol. The fourth-order valence-electron chi connectivity index (χ4n) is 2.02. The van der Waals surface area contributed by atoms with Gasteiger partial charge < -0.3 is 9.47 Å². The van der Waals surface area contributed by atoms with E-state index in [-0.39, 0.29) is 11.5 Å². The zero-order chi connectivity index (χ0) is 19.7. The van der Waals surface area contributed by atoms with E-state index in [0.29, 0.717) is 24.7 Å². The van der Waals surface area contributed by atoms with Crippen LogP contribution in [0.5, 0.6) is 5.75 Å². The van der Waals surface area contributed by atoms with E-state index >= 15 is 0 Å². The van der Waals surface area contributed by atoms with Gasteiger partial charge in [-0.05, 0) is 55.5 Å². The molecule has 0 atom stereocenters. The van der Waals surface area contributed by atoms with E-state index in [9.17, 15) is 13.2 Å². The second-order valence-electron chi connectivity index (χ2n) is 5.27. The van der Waals surface area contributed by atoms with Crippen LogP contribution in [0.25, 0.3) is 0 Å². The first-order valence-corrected chi connectivity index (χ1v) is 11.4. The number of rotatable bonds is 10. The van der Waals surface area contributed by atoms with Crippen LogP contribution in [0, 0.1) is 0 Å². The van der Waals surface area contributed by atoms with Crippen LogP contribution in [0.2, 0.25) is 0 Å². The van der Waals surface area contributed by atoms with Gasteiger partial charge in [0.2, 0.25) is 10.0 Å². The number of ether oxygens (including phenoxy) is 2. The van der Waals surface area contributed by atoms with Crippen LogP contribution < -0.4 is 9.46 Å². The molecule has 0 bridgehead atoms. The maximum Gasteiger partial charge on any atom is 0.344 e. The summed E-state index contributed by atoms with van der Waals surface area (Å²) in [5.74, 6) is 0.746. The Morgan fingerprint density at radius 3 is 2.41 bits per heavy atom. The lowest BCUT2D eigenvalue weighted by molar-refractivity contribution is -0.145. The summed E-state index contributed by atoms with van der Waals surface area (Å²) in [4.78, 5) is 12.5. The number of esters is 1. The van der Waals surface area contributed by atoms with E-state index in [2.05, 4.69) is 20.7 Å². The molecule has 2 aromatic rings. The van der Waals surface area contributed by atoms with Crippen LogP contribution in [0.4, 0.5) is 0 Å². The second kappa shape index (κ2) is 10.7. The summed E-state index contributed by atoms with van der Waals surface area (Å²) in [7, 11) is -3.51. The minimum absolute atomic E-state index is 0.127. The minimum Gasteiger partial charge on any atom is -0.482 e. The number of thioether (sulfide) groups is 1. The van der Waals surface area contributed by atoms with Gasteiger partial charge in [-0.15, -0.1) is 11.8 Å². The molecule has 0 amide bonds. The van der Waals surface area contributed by atoms with Gasteiger partial charge in [-0.2, -0.15) is 0 Å². The first kappa shape index (κ1) is 21.7. The van der Waals surface area contributed by atoms with Gasteiger partial charge >= 0.3 is 5.97 Å². The van der Waals surface area contributed by atoms with Crippen molar-refractivity contribution < 1.29 is 22.7 Å². The summed E-state index contributed by atoms with van der Waals surface area (Å²) in [5, 5.41) is 0. The van der Waals surface area contributed by atoms with Crippen molar-refractivity contribution in [3.63, 3.8) is 0 Å². The number of carbonyl (C=O) groups excluding carboxylic acids is 1. The summed E-state index contributed by atoms with van der Waals surface area (Å²) < 4.78 is 37.9. The van der Waals surface area contributed by atoms with E-state index in [1.54, 1.807) is 43.3 Å². The molecule has 6 nitrogen and oxygen atoms in total. The van der Waals surface area contributed by atoms with Crippen LogP contribution in [-0.4, -0.2) is 39.9 Å². The Morgan fingerprint density at radius 1 is 1.11 bits per heavy atom. The van der Waals surface area contributed by atoms with E-state index in [1.165, 1.54) is 11.8 Å². The van der Waals surface area contributed by atoms with Crippen molar-refractivity contribution in [1.29, 1.82) is 0 Å². The van der Waals surface area contributed by atoms with Gasteiger partial charge in [-0.1, -0.05) is 15.9 Å². The molecule has 0 spiro atoms. The number of hydrogen-bond donors (Lipinski definition) is 1. The fraction of sp³-hybridized carbons (Fsp3) is 0.278. The Hall–Kier alpha value is -1.55. The predicted octanol–water partition coefficient (Wildman–Crippen LogP) is 3.46. The van der Waals surface area contributed by atoms with Gasteiger partial charge in [0.1, 0.15) is 5.75 Å². The molecule has 9 heteroatoms. The predicted molar refractivity (Wildman–Crippen MR) is 109 cm³/mol. The van der Waals surface area contributed by atoms with Gasteiger partial charge in [0, 0.05) is 21.7 Å². The Labute approximate surface area is 171 Å². The first-order valence-electron chi connectivity index (χ1n) is 8.17. The zero-order valence-electron chi connectivity index (χ0n) is 14.7. The van der Waals surface area contributed by atoms with E-state index in [0.717, 1.165) is 9.37 Å². The molecule has 0 aromatic heterocycles. The van der Waals surface area contributed by atoms with Gasteiger partial charge in [0.15, 0.2) is 6.61 Å². The molecule has 0 unspecified atom stereocenters. The molecule has 27 heavy (non-hydrogen) atoms. The van der Waals surface area contributed by atoms with Crippen molar-refractivity contribution in [1.82, 2.24) is 4.72 Å². The zero-order valence-corrected chi connectivity index (χ0v) is 17.9. The van der Waals surface area contributed by atoms with E-state index in [4.69, 9.17) is 9.47 Å². The molecule has 146 valence electrons. The Balaban J connectivity index is 1.75. The molecule has 0 aliphatic heterocycles. The van der Waals surface area contributed by atoms with Gasteiger partial charge in [0.25, 0.3) is 0 Å². The van der Waals surface area contributed by atoms with Gasteiger partial charge in [0.05, 0.1) is 11.5 Å². The minimum atomic E-state index is -3.51. The molecule has 2 aromatic carbocycles. The normalized spacial score (nSPS) is 11.2. The summed E-state index contributed by atoms with van der Waals surface area (Å²) in [6.07, 6.45) is 0. The van der Waals surface area contributed by atoms with Crippen LogP contribution in [-0.2, 0) is 19.6 Å². The number of sulfonamides is 1. The molecule has 0 saturated carbocycles. The number of nitrogens with one attached hydrogen (secondary N) is 1. The average Bonchev–Trinajstić information content (AvgIpc) is 2.65. The molecular formula is C18H20BrNO5S2. The third-order valence-corrected chi connectivity index (χ3v) is 6.29. The van der Waals surface area contributed by atoms with Gasteiger partial charge in [-0.25, -0.2) is 17.9 Å². The third-order valence-electron chi connectivity index (χ3n) is 3.27. The molecule has 0 saturated heterocycles. The van der Waals surface area contributed by atoms with Crippen molar-refractivity contribution in [2.75, 3.05) is 25.5 Å². The SMILES string of the molecule is CCOC(=O)COc1ccc(SCCNS(=O)(=O)c2ccc(Br)cc2)cc1. The Bertz CT molecular complexity index is 839. The summed E-state index contributed by atoms with van der Waals surface area (Å²) in [5.41, 5.74) is 0. The van der Waals surface area contributed by atoms with Crippen LogP contribution in [0.1, 0.15) is 6.92 Å². The second-order valence-corrected chi connectivity index (χ2v) is 9.12. The fourth-order valence-corrected chi connectivity index (χ4v) is 4.21. The van der Waals surface area contributed by atoms with Crippen LogP contribution >= 0.6 is 27.7 Å². The highest BCUT2D eigenvalue weighted by atomic mass is 79.9. The summed E-state index contributed by atoms with van der Waals surface area (Å²) in [6, 6.07) is 13.7. The highest BCUT2D eigenvalue weighted by Crippen LogP contribution is 2.21. The monoisotopic (exact) mass is 473 g/mol. The first-order chi connectivity index (χ1) is 12.9. The largest absolute Gasteiger partial charge is 0.482 e. The highest BCUT2D eigenvalue weighted by Gasteiger charge is 2.12. The lowest BCUT2D eigenvalue weighted by atomic mass is 10.3. The molecule has 2 rings (SSSR count). The van der Waals surface area contributed by atoms with Crippen molar-refractivity contribution >= 4 is 43.7 Å². The molecule has 0 heterocycles. The van der Waals surface area contributed by atoms with Crippen molar-refractivity contribution in [2.45, 2.75) is 16.7 Å². The molecule has 0 fully saturated rings. The van der Waals surface area contributed by atoms with Crippen molar-refractivity contribution in [3.8, 4) is 5.75 Å². The summed E-state index contributed by atoms with van der Waals surface area (Å²) in [6.45, 7) is 2.24. The Morgan fingerprint density at radius 2 is 1.78 bits per heavy atom. The van der Waals surface area contributed by atoms with E-state index in [1.807, 2.05) is 12.1 Å². The smallest absolute Gasteiger partial charge is 0.344 e. The number of carbonyl (C=O) groups is 1. The van der Waals surface area contributed by atoms with Crippen LogP contribution in [0.3, 0.4) is 0 Å². The number of hydrogen-bond acceptors (Lipinski definition) is 6. The van der Waals surface area contributed by atoms with E-state index < -0.39 is 16.0 Å². The number of benzene rings is 2. The molecule has 1 N–H and O–H groups in total. The number of halogens is 1. The topological polar surface area (TPSA) is 81.7 Å². The lowest BCUT2D eigenvalue weighted by Crippen LogP contribution is -2.25. The van der Waals surface area contributed by atoms with Crippen LogP contribution in [0.15, 0.2) is 62.8 Å². The standard InChI is InChI=1S/C18H20BrNO5S2/c1-2-24-18(21)13-25-15-5-7-16(8-6-15)26-12-11-20-27(22,23)17-9-3-14(19)4-10-17/h3-10,20H,2,11-13H2,1H3. The quantitative estimate of drug-likeness (QED) is 0.323. The maximum absolute atomic E-state index is 12.2. The molecule has 0 aliphatic carbocycles. The maximum atomic E-state index is 12.2. The lowest BCUT2D eigenvalue weighted by Gasteiger charge is -2.08. The Kier molecular flexibility index (Phi) is 8.62. The van der Waals surface area contributed by atoms with Crippen molar-refractivity contribution in [2.24, 2.45) is 0 Å².